The molecule has 0 radical (unpaired) electrons. The molecule has 0 aliphatic carbocycles. The van der Waals surface area contributed by atoms with Crippen LogP contribution in [-0.4, -0.2) is 59.1 Å². The first-order chi connectivity index (χ1) is 14.0. The van der Waals surface area contributed by atoms with Gasteiger partial charge in [0.2, 0.25) is 0 Å². The number of benzene rings is 1. The number of aromatic hydroxyl groups is 1. The monoisotopic (exact) mass is 395 g/mol. The van der Waals surface area contributed by atoms with Crippen molar-refractivity contribution in [3.8, 4) is 28.7 Å². The zero-order valence-corrected chi connectivity index (χ0v) is 15.5. The SMILES string of the molecule is C[C@@]12C=CC(N1)[C@H](F)[C@@H](Oc1ncc(-c3ccc(-n4ccnn4)cc3O)nn1)C2. The third-order valence-corrected chi connectivity index (χ3v) is 5.23. The molecule has 148 valence electrons. The van der Waals surface area contributed by atoms with Crippen LogP contribution in [0.25, 0.3) is 16.9 Å². The van der Waals surface area contributed by atoms with Gasteiger partial charge < -0.3 is 9.84 Å². The van der Waals surface area contributed by atoms with E-state index in [1.807, 2.05) is 19.1 Å². The molecule has 2 bridgehead atoms. The molecule has 2 aliphatic heterocycles. The number of hydrogen-bond donors (Lipinski definition) is 2. The maximum absolute atomic E-state index is 14.6. The van der Waals surface area contributed by atoms with Gasteiger partial charge in [-0.2, -0.15) is 0 Å². The molecule has 1 unspecified atom stereocenters. The summed E-state index contributed by atoms with van der Waals surface area (Å²) in [6.07, 6.45) is 7.08. The van der Waals surface area contributed by atoms with Gasteiger partial charge in [-0.25, -0.2) is 14.1 Å². The molecule has 2 aromatic heterocycles. The second kappa shape index (κ2) is 6.59. The summed E-state index contributed by atoms with van der Waals surface area (Å²) in [6.45, 7) is 2.00. The van der Waals surface area contributed by atoms with Crippen LogP contribution in [-0.2, 0) is 0 Å². The van der Waals surface area contributed by atoms with Crippen LogP contribution in [0.1, 0.15) is 13.3 Å². The number of nitrogens with zero attached hydrogens (tertiary/aromatic N) is 6. The van der Waals surface area contributed by atoms with E-state index in [1.54, 1.807) is 30.6 Å². The number of aromatic nitrogens is 6. The minimum absolute atomic E-state index is 0.000481. The number of phenolic OH excluding ortho intramolecular Hbond substituents is 1. The maximum Gasteiger partial charge on any atom is 0.336 e. The van der Waals surface area contributed by atoms with Gasteiger partial charge in [0.05, 0.1) is 30.3 Å². The van der Waals surface area contributed by atoms with E-state index in [9.17, 15) is 9.50 Å². The number of hydrogen-bond acceptors (Lipinski definition) is 8. The summed E-state index contributed by atoms with van der Waals surface area (Å²) in [6, 6.07) is 4.63. The van der Waals surface area contributed by atoms with Gasteiger partial charge in [0.15, 0.2) is 6.17 Å². The van der Waals surface area contributed by atoms with Gasteiger partial charge in [-0.05, 0) is 19.1 Å². The van der Waals surface area contributed by atoms with Gasteiger partial charge in [-0.3, -0.25) is 5.32 Å². The highest BCUT2D eigenvalue weighted by molar-refractivity contribution is 5.67. The van der Waals surface area contributed by atoms with E-state index in [4.69, 9.17) is 4.74 Å². The van der Waals surface area contributed by atoms with Gasteiger partial charge in [-0.1, -0.05) is 22.5 Å². The minimum Gasteiger partial charge on any atom is -0.507 e. The van der Waals surface area contributed by atoms with E-state index in [-0.39, 0.29) is 23.3 Å². The fourth-order valence-electron chi connectivity index (χ4n) is 3.78. The zero-order chi connectivity index (χ0) is 20.0. The van der Waals surface area contributed by atoms with E-state index in [1.165, 1.54) is 10.9 Å². The lowest BCUT2D eigenvalue weighted by Crippen LogP contribution is -2.57. The molecule has 4 heterocycles. The van der Waals surface area contributed by atoms with Crippen LogP contribution in [0.5, 0.6) is 11.8 Å². The van der Waals surface area contributed by atoms with Crippen LogP contribution in [0.4, 0.5) is 4.39 Å². The molecule has 2 aliphatic rings. The number of ether oxygens (including phenoxy) is 1. The van der Waals surface area contributed by atoms with Crippen LogP contribution in [0.15, 0.2) is 48.9 Å². The third kappa shape index (κ3) is 3.21. The van der Waals surface area contributed by atoms with Crippen molar-refractivity contribution in [2.45, 2.75) is 37.2 Å². The van der Waals surface area contributed by atoms with Crippen LogP contribution in [0.2, 0.25) is 0 Å². The van der Waals surface area contributed by atoms with Crippen molar-refractivity contribution in [3.63, 3.8) is 0 Å². The summed E-state index contributed by atoms with van der Waals surface area (Å²) in [7, 11) is 0. The van der Waals surface area contributed by atoms with Gasteiger partial charge in [0.1, 0.15) is 17.5 Å². The molecular weight excluding hydrogens is 377 g/mol. The number of halogens is 1. The lowest BCUT2D eigenvalue weighted by atomic mass is 9.90. The Bertz CT molecular complexity index is 1060. The molecular formula is C19H18FN7O2. The summed E-state index contributed by atoms with van der Waals surface area (Å²) >= 11 is 0. The molecule has 10 heteroatoms. The van der Waals surface area contributed by atoms with E-state index in [0.29, 0.717) is 23.4 Å². The van der Waals surface area contributed by atoms with Crippen molar-refractivity contribution in [2.24, 2.45) is 0 Å². The molecule has 2 N–H and O–H groups in total. The lowest BCUT2D eigenvalue weighted by Gasteiger charge is -2.38. The van der Waals surface area contributed by atoms with Crippen LogP contribution < -0.4 is 10.1 Å². The molecule has 1 fully saturated rings. The second-order valence-electron chi connectivity index (χ2n) is 7.43. The standard InChI is InChI=1S/C19H18FN7O2/c1-19-5-4-13(23-19)17(20)16(9-19)29-18-21-10-14(24-25-18)12-3-2-11(8-15(12)28)27-7-6-22-26-27/h2-8,10,13,16-17,23,28H,9H2,1H3/t13?,16-,17-,19-/m0/s1. The molecule has 4 atom stereocenters. The number of phenols is 1. The highest BCUT2D eigenvalue weighted by Crippen LogP contribution is 2.34. The normalized spacial score (nSPS) is 27.9. The highest BCUT2D eigenvalue weighted by atomic mass is 19.1. The quantitative estimate of drug-likeness (QED) is 0.641. The fraction of sp³-hybridized carbons (Fsp3) is 0.316. The Labute approximate surface area is 165 Å². The predicted molar refractivity (Wildman–Crippen MR) is 100 cm³/mol. The minimum atomic E-state index is -1.20. The number of fused-ring (bicyclic) bond motifs is 2. The van der Waals surface area contributed by atoms with Crippen molar-refractivity contribution in [1.29, 1.82) is 0 Å². The predicted octanol–water partition coefficient (Wildman–Crippen LogP) is 1.60. The van der Waals surface area contributed by atoms with Crippen LogP contribution in [0, 0.1) is 0 Å². The molecule has 9 nitrogen and oxygen atoms in total. The van der Waals surface area contributed by atoms with E-state index < -0.39 is 12.3 Å². The Hall–Kier alpha value is -3.40. The highest BCUT2D eigenvalue weighted by Gasteiger charge is 2.46. The number of alkyl halides is 1. The third-order valence-electron chi connectivity index (χ3n) is 5.23. The van der Waals surface area contributed by atoms with Crippen LogP contribution in [0.3, 0.4) is 0 Å². The zero-order valence-electron chi connectivity index (χ0n) is 15.5. The van der Waals surface area contributed by atoms with Crippen molar-refractivity contribution >= 4 is 0 Å². The summed E-state index contributed by atoms with van der Waals surface area (Å²) in [4.78, 5) is 4.15. The second-order valence-corrected chi connectivity index (χ2v) is 7.43. The Morgan fingerprint density at radius 3 is 2.97 bits per heavy atom. The van der Waals surface area contributed by atoms with E-state index in [0.717, 1.165) is 0 Å². The maximum atomic E-state index is 14.6. The Balaban J connectivity index is 1.33. The van der Waals surface area contributed by atoms with Gasteiger partial charge >= 0.3 is 6.01 Å². The molecule has 1 saturated heterocycles. The Kier molecular flexibility index (Phi) is 4.02. The Morgan fingerprint density at radius 1 is 1.34 bits per heavy atom. The topological polar surface area (TPSA) is 111 Å². The average molecular weight is 395 g/mol. The number of nitrogens with one attached hydrogen (secondary N) is 1. The van der Waals surface area contributed by atoms with Crippen molar-refractivity contribution in [3.05, 3.63) is 48.9 Å². The molecule has 5 rings (SSSR count). The first-order valence-corrected chi connectivity index (χ1v) is 9.18. The van der Waals surface area contributed by atoms with E-state index in [2.05, 4.69) is 30.8 Å². The first-order valence-electron chi connectivity index (χ1n) is 9.18. The lowest BCUT2D eigenvalue weighted by molar-refractivity contribution is 0.0262. The summed E-state index contributed by atoms with van der Waals surface area (Å²) in [5, 5.41) is 29.2. The molecule has 3 aromatic rings. The fourth-order valence-corrected chi connectivity index (χ4v) is 3.78. The molecule has 0 amide bonds. The van der Waals surface area contributed by atoms with Gasteiger partial charge in [0, 0.05) is 23.6 Å². The largest absolute Gasteiger partial charge is 0.507 e. The molecule has 1 aromatic carbocycles. The molecule has 0 spiro atoms. The first kappa shape index (κ1) is 17.7. The summed E-state index contributed by atoms with van der Waals surface area (Å²) in [5.41, 5.74) is 1.19. The van der Waals surface area contributed by atoms with Gasteiger partial charge in [-0.15, -0.1) is 10.2 Å². The number of piperidine rings is 1. The van der Waals surface area contributed by atoms with Crippen molar-refractivity contribution in [1.82, 2.24) is 35.5 Å². The van der Waals surface area contributed by atoms with Crippen molar-refractivity contribution in [2.75, 3.05) is 0 Å². The summed E-state index contributed by atoms with van der Waals surface area (Å²) in [5.74, 6) is 0.000481. The molecule has 0 saturated carbocycles. The average Bonchev–Trinajstić information content (AvgIpc) is 3.36. The Morgan fingerprint density at radius 2 is 2.24 bits per heavy atom. The van der Waals surface area contributed by atoms with Gasteiger partial charge in [0.25, 0.3) is 0 Å². The van der Waals surface area contributed by atoms with Crippen LogP contribution >= 0.6 is 0 Å². The summed E-state index contributed by atoms with van der Waals surface area (Å²) < 4.78 is 21.8. The van der Waals surface area contributed by atoms with E-state index >= 15 is 0 Å². The number of rotatable bonds is 4. The smallest absolute Gasteiger partial charge is 0.336 e. The van der Waals surface area contributed by atoms with Crippen molar-refractivity contribution < 1.29 is 14.2 Å². The molecule has 29 heavy (non-hydrogen) atoms.